The molecule has 0 bridgehead atoms. The molecule has 0 saturated carbocycles. The molecule has 2 rings (SSSR count). The lowest BCUT2D eigenvalue weighted by atomic mass is 10.2. The van der Waals surface area contributed by atoms with Crippen LogP contribution < -0.4 is 10.2 Å². The second kappa shape index (κ2) is 9.49. The number of hydrogen-bond donors (Lipinski definition) is 1. The zero-order valence-corrected chi connectivity index (χ0v) is 14.7. The zero-order valence-electron chi connectivity index (χ0n) is 14.0. The van der Waals surface area contributed by atoms with Gasteiger partial charge in [0.2, 0.25) is 11.8 Å². The standard InChI is InChI=1S/C17H24ClN3O3/c1-24-11-3-6-19-16(22)13-17(23)21-9-7-20(8-10-21)15-5-2-4-14(18)12-15/h2,4-5,12H,3,6-11,13H2,1H3,(H,19,22). The number of anilines is 1. The molecule has 1 heterocycles. The zero-order chi connectivity index (χ0) is 17.4. The van der Waals surface area contributed by atoms with Gasteiger partial charge in [-0.3, -0.25) is 9.59 Å². The number of nitrogens with zero attached hydrogens (tertiary/aromatic N) is 2. The van der Waals surface area contributed by atoms with Gasteiger partial charge in [0, 0.05) is 57.2 Å². The highest BCUT2D eigenvalue weighted by Gasteiger charge is 2.22. The Balaban J connectivity index is 1.73. The quantitative estimate of drug-likeness (QED) is 0.596. The minimum atomic E-state index is -0.228. The summed E-state index contributed by atoms with van der Waals surface area (Å²) in [5.74, 6) is -0.349. The van der Waals surface area contributed by atoms with Crippen LogP contribution in [0.2, 0.25) is 5.02 Å². The summed E-state index contributed by atoms with van der Waals surface area (Å²) < 4.78 is 4.91. The molecule has 7 heteroatoms. The van der Waals surface area contributed by atoms with Gasteiger partial charge in [0.15, 0.2) is 0 Å². The molecule has 0 aliphatic carbocycles. The summed E-state index contributed by atoms with van der Waals surface area (Å²) in [5, 5.41) is 3.44. The van der Waals surface area contributed by atoms with Crippen molar-refractivity contribution in [2.75, 3.05) is 51.3 Å². The van der Waals surface area contributed by atoms with Gasteiger partial charge < -0.3 is 19.9 Å². The maximum Gasteiger partial charge on any atom is 0.232 e. The lowest BCUT2D eigenvalue weighted by Gasteiger charge is -2.36. The molecule has 1 aromatic carbocycles. The number of amides is 2. The molecule has 2 amide bonds. The van der Waals surface area contributed by atoms with Crippen LogP contribution >= 0.6 is 11.6 Å². The monoisotopic (exact) mass is 353 g/mol. The number of benzene rings is 1. The Morgan fingerprint density at radius 2 is 2.00 bits per heavy atom. The number of ether oxygens (including phenoxy) is 1. The van der Waals surface area contributed by atoms with Gasteiger partial charge in [-0.15, -0.1) is 0 Å². The second-order valence-electron chi connectivity index (χ2n) is 5.72. The maximum atomic E-state index is 12.2. The Morgan fingerprint density at radius 1 is 1.25 bits per heavy atom. The summed E-state index contributed by atoms with van der Waals surface area (Å²) in [6.07, 6.45) is 0.652. The second-order valence-corrected chi connectivity index (χ2v) is 6.16. The topological polar surface area (TPSA) is 61.9 Å². The van der Waals surface area contributed by atoms with Crippen molar-refractivity contribution in [3.63, 3.8) is 0 Å². The molecule has 1 saturated heterocycles. The van der Waals surface area contributed by atoms with Crippen LogP contribution in [-0.2, 0) is 14.3 Å². The van der Waals surface area contributed by atoms with E-state index in [9.17, 15) is 9.59 Å². The fourth-order valence-corrected chi connectivity index (χ4v) is 2.83. The molecule has 6 nitrogen and oxygen atoms in total. The third-order valence-electron chi connectivity index (χ3n) is 3.96. The molecule has 0 atom stereocenters. The normalized spacial score (nSPS) is 14.6. The molecule has 1 fully saturated rings. The van der Waals surface area contributed by atoms with Crippen LogP contribution in [0.3, 0.4) is 0 Å². The summed E-state index contributed by atoms with van der Waals surface area (Å²) in [4.78, 5) is 27.9. The molecular weight excluding hydrogens is 330 g/mol. The number of carbonyl (C=O) groups is 2. The number of methoxy groups -OCH3 is 1. The van der Waals surface area contributed by atoms with Gasteiger partial charge in [-0.2, -0.15) is 0 Å². The first-order chi connectivity index (χ1) is 11.6. The first kappa shape index (κ1) is 18.5. The van der Waals surface area contributed by atoms with Crippen molar-refractivity contribution >= 4 is 29.1 Å². The fraction of sp³-hybridized carbons (Fsp3) is 0.529. The Hall–Kier alpha value is -1.79. The third kappa shape index (κ3) is 5.69. The molecule has 0 aromatic heterocycles. The van der Waals surface area contributed by atoms with Crippen LogP contribution in [0, 0.1) is 0 Å². The van der Waals surface area contributed by atoms with E-state index in [0.717, 1.165) is 25.2 Å². The van der Waals surface area contributed by atoms with E-state index in [-0.39, 0.29) is 18.2 Å². The SMILES string of the molecule is COCCCNC(=O)CC(=O)N1CCN(c2cccc(Cl)c2)CC1. The van der Waals surface area contributed by atoms with E-state index in [1.165, 1.54) is 0 Å². The summed E-state index contributed by atoms with van der Waals surface area (Å²) in [6.45, 7) is 3.83. The van der Waals surface area contributed by atoms with Crippen molar-refractivity contribution in [2.45, 2.75) is 12.8 Å². The van der Waals surface area contributed by atoms with Crippen LogP contribution in [0.15, 0.2) is 24.3 Å². The first-order valence-corrected chi connectivity index (χ1v) is 8.52. The number of nitrogens with one attached hydrogen (secondary N) is 1. The predicted molar refractivity (Wildman–Crippen MR) is 94.4 cm³/mol. The van der Waals surface area contributed by atoms with Crippen LogP contribution in [0.4, 0.5) is 5.69 Å². The first-order valence-electron chi connectivity index (χ1n) is 8.14. The number of carbonyl (C=O) groups excluding carboxylic acids is 2. The Kier molecular flexibility index (Phi) is 7.34. The van der Waals surface area contributed by atoms with Crippen LogP contribution in [0.5, 0.6) is 0 Å². The molecule has 0 radical (unpaired) electrons. The van der Waals surface area contributed by atoms with Crippen molar-refractivity contribution in [2.24, 2.45) is 0 Å². The smallest absolute Gasteiger partial charge is 0.232 e. The Bertz CT molecular complexity index is 560. The van der Waals surface area contributed by atoms with Crippen LogP contribution in [0.25, 0.3) is 0 Å². The number of hydrogen-bond acceptors (Lipinski definition) is 4. The fourth-order valence-electron chi connectivity index (χ4n) is 2.64. The van der Waals surface area contributed by atoms with E-state index in [0.29, 0.717) is 31.3 Å². The highest BCUT2D eigenvalue weighted by molar-refractivity contribution is 6.30. The van der Waals surface area contributed by atoms with Crippen LogP contribution in [0.1, 0.15) is 12.8 Å². The van der Waals surface area contributed by atoms with Gasteiger partial charge in [-0.05, 0) is 24.6 Å². The van der Waals surface area contributed by atoms with Crippen molar-refractivity contribution < 1.29 is 14.3 Å². The summed E-state index contributed by atoms with van der Waals surface area (Å²) in [7, 11) is 1.62. The number of halogens is 1. The highest BCUT2D eigenvalue weighted by Crippen LogP contribution is 2.20. The van der Waals surface area contributed by atoms with E-state index >= 15 is 0 Å². The number of piperazine rings is 1. The van der Waals surface area contributed by atoms with Crippen molar-refractivity contribution in [1.82, 2.24) is 10.2 Å². The largest absolute Gasteiger partial charge is 0.385 e. The van der Waals surface area contributed by atoms with Gasteiger partial charge in [0.1, 0.15) is 6.42 Å². The van der Waals surface area contributed by atoms with Crippen molar-refractivity contribution in [3.8, 4) is 0 Å². The molecule has 0 unspecified atom stereocenters. The lowest BCUT2D eigenvalue weighted by molar-refractivity contribution is -0.136. The van der Waals surface area contributed by atoms with Gasteiger partial charge in [0.05, 0.1) is 0 Å². The minimum absolute atomic E-state index is 0.0931. The van der Waals surface area contributed by atoms with Gasteiger partial charge in [0.25, 0.3) is 0 Å². The minimum Gasteiger partial charge on any atom is -0.385 e. The average Bonchev–Trinajstić information content (AvgIpc) is 2.59. The molecule has 132 valence electrons. The van der Waals surface area contributed by atoms with Crippen molar-refractivity contribution in [3.05, 3.63) is 29.3 Å². The molecule has 1 aromatic rings. The molecule has 1 N–H and O–H groups in total. The van der Waals surface area contributed by atoms with Crippen LogP contribution in [-0.4, -0.2) is 63.2 Å². The summed E-state index contributed by atoms with van der Waals surface area (Å²) >= 11 is 6.02. The average molecular weight is 354 g/mol. The summed E-state index contributed by atoms with van der Waals surface area (Å²) in [6, 6.07) is 7.70. The molecule has 1 aliphatic heterocycles. The lowest BCUT2D eigenvalue weighted by Crippen LogP contribution is -2.49. The molecule has 1 aliphatic rings. The van der Waals surface area contributed by atoms with Gasteiger partial charge >= 0.3 is 0 Å². The molecular formula is C17H24ClN3O3. The van der Waals surface area contributed by atoms with E-state index < -0.39 is 0 Å². The van der Waals surface area contributed by atoms with E-state index in [1.807, 2.05) is 24.3 Å². The third-order valence-corrected chi connectivity index (χ3v) is 4.20. The molecule has 0 spiro atoms. The van der Waals surface area contributed by atoms with Gasteiger partial charge in [-0.1, -0.05) is 17.7 Å². The Morgan fingerprint density at radius 3 is 2.67 bits per heavy atom. The van der Waals surface area contributed by atoms with E-state index in [1.54, 1.807) is 12.0 Å². The maximum absolute atomic E-state index is 12.2. The summed E-state index contributed by atoms with van der Waals surface area (Å²) in [5.41, 5.74) is 1.06. The van der Waals surface area contributed by atoms with Crippen molar-refractivity contribution in [1.29, 1.82) is 0 Å². The predicted octanol–water partition coefficient (Wildman–Crippen LogP) is 1.53. The van der Waals surface area contributed by atoms with E-state index in [4.69, 9.17) is 16.3 Å². The van der Waals surface area contributed by atoms with Gasteiger partial charge in [-0.25, -0.2) is 0 Å². The highest BCUT2D eigenvalue weighted by atomic mass is 35.5. The Labute approximate surface area is 147 Å². The molecule has 24 heavy (non-hydrogen) atoms. The number of rotatable bonds is 7. The van der Waals surface area contributed by atoms with E-state index in [2.05, 4.69) is 10.2 Å².